The van der Waals surface area contributed by atoms with Crippen molar-refractivity contribution in [2.24, 2.45) is 17.6 Å². The van der Waals surface area contributed by atoms with Gasteiger partial charge >= 0.3 is 0 Å². The summed E-state index contributed by atoms with van der Waals surface area (Å²) in [5.74, 6) is 1.50. The van der Waals surface area contributed by atoms with Crippen molar-refractivity contribution in [3.63, 3.8) is 0 Å². The highest BCUT2D eigenvalue weighted by molar-refractivity contribution is 7.80. The summed E-state index contributed by atoms with van der Waals surface area (Å²) in [4.78, 5) is 12.2. The number of hydrogen-bond acceptors (Lipinski definition) is 2. The van der Waals surface area contributed by atoms with Gasteiger partial charge in [-0.25, -0.2) is 0 Å². The maximum absolute atomic E-state index is 11.8. The molecule has 0 saturated heterocycles. The fourth-order valence-electron chi connectivity index (χ4n) is 2.14. The van der Waals surface area contributed by atoms with E-state index >= 15 is 0 Å². The van der Waals surface area contributed by atoms with E-state index in [9.17, 15) is 4.79 Å². The molecule has 1 aliphatic rings. The minimum Gasteiger partial charge on any atom is -0.389 e. The number of benzene rings is 1. The Kier molecular flexibility index (Phi) is 4.53. The third-order valence-corrected chi connectivity index (χ3v) is 3.89. The molecule has 1 aliphatic carbocycles. The first kappa shape index (κ1) is 14.0. The average molecular weight is 276 g/mol. The van der Waals surface area contributed by atoms with Crippen LogP contribution < -0.4 is 11.1 Å². The molecule has 0 bridgehead atoms. The molecule has 3 N–H and O–H groups in total. The summed E-state index contributed by atoms with van der Waals surface area (Å²) in [6, 6.07) is 7.52. The topological polar surface area (TPSA) is 55.1 Å². The molecule has 1 saturated carbocycles. The van der Waals surface area contributed by atoms with E-state index in [1.54, 1.807) is 0 Å². The molecule has 0 aliphatic heterocycles. The minimum atomic E-state index is 0.0792. The van der Waals surface area contributed by atoms with E-state index in [1.165, 1.54) is 12.8 Å². The molecule has 0 radical (unpaired) electrons. The molecular weight excluding hydrogens is 256 g/mol. The Hall–Kier alpha value is -1.42. The lowest BCUT2D eigenvalue weighted by atomic mass is 10.1. The quantitative estimate of drug-likeness (QED) is 0.782. The second kappa shape index (κ2) is 6.15. The van der Waals surface area contributed by atoms with Gasteiger partial charge in [0.15, 0.2) is 0 Å². The number of hydrogen-bond donors (Lipinski definition) is 2. The number of thiocarbonyl (C=S) groups is 1. The molecule has 1 aromatic carbocycles. The number of rotatable bonds is 6. The number of carbonyl (C=O) groups is 1. The molecule has 19 heavy (non-hydrogen) atoms. The van der Waals surface area contributed by atoms with Crippen LogP contribution in [0.1, 0.15) is 30.9 Å². The second-order valence-corrected chi connectivity index (χ2v) is 5.80. The van der Waals surface area contributed by atoms with Crippen LogP contribution in [0.3, 0.4) is 0 Å². The van der Waals surface area contributed by atoms with E-state index in [0.29, 0.717) is 17.3 Å². The first-order chi connectivity index (χ1) is 9.06. The number of carbonyl (C=O) groups excluding carboxylic acids is 1. The lowest BCUT2D eigenvalue weighted by molar-refractivity contribution is -0.120. The Morgan fingerprint density at radius 3 is 2.58 bits per heavy atom. The van der Waals surface area contributed by atoms with Crippen molar-refractivity contribution < 1.29 is 4.79 Å². The zero-order chi connectivity index (χ0) is 13.8. The molecule has 1 amide bonds. The summed E-state index contributed by atoms with van der Waals surface area (Å²) in [5, 5.41) is 3.00. The largest absolute Gasteiger partial charge is 0.389 e. The van der Waals surface area contributed by atoms with Gasteiger partial charge in [-0.3, -0.25) is 4.79 Å². The summed E-state index contributed by atoms with van der Waals surface area (Å²) in [6.07, 6.45) is 3.05. The summed E-state index contributed by atoms with van der Waals surface area (Å²) in [6.45, 7) is 2.99. The van der Waals surface area contributed by atoms with Gasteiger partial charge in [0.25, 0.3) is 0 Å². The van der Waals surface area contributed by atoms with Gasteiger partial charge in [0.1, 0.15) is 4.99 Å². The van der Waals surface area contributed by atoms with Crippen molar-refractivity contribution in [2.45, 2.75) is 26.2 Å². The Balaban J connectivity index is 1.79. The predicted octanol–water partition coefficient (Wildman–Crippen LogP) is 2.03. The first-order valence-electron chi connectivity index (χ1n) is 6.71. The van der Waals surface area contributed by atoms with Crippen LogP contribution in [0, 0.1) is 11.8 Å². The third-order valence-electron chi connectivity index (χ3n) is 3.65. The molecule has 0 aromatic heterocycles. The highest BCUT2D eigenvalue weighted by atomic mass is 32.1. The van der Waals surface area contributed by atoms with Gasteiger partial charge in [0.05, 0.1) is 6.42 Å². The molecule has 1 fully saturated rings. The van der Waals surface area contributed by atoms with Crippen LogP contribution in [-0.4, -0.2) is 17.4 Å². The van der Waals surface area contributed by atoms with Gasteiger partial charge in [-0.1, -0.05) is 43.4 Å². The zero-order valence-electron chi connectivity index (χ0n) is 11.2. The summed E-state index contributed by atoms with van der Waals surface area (Å²) in [7, 11) is 0. The summed E-state index contributed by atoms with van der Waals surface area (Å²) in [5.41, 5.74) is 7.35. The Morgan fingerprint density at radius 2 is 2.05 bits per heavy atom. The van der Waals surface area contributed by atoms with Gasteiger partial charge in [-0.15, -0.1) is 0 Å². The Morgan fingerprint density at radius 1 is 1.42 bits per heavy atom. The normalized spacial score (nSPS) is 15.8. The lowest BCUT2D eigenvalue weighted by Gasteiger charge is -2.11. The molecule has 1 atom stereocenters. The monoisotopic (exact) mass is 276 g/mol. The van der Waals surface area contributed by atoms with Gasteiger partial charge in [0, 0.05) is 12.1 Å². The number of nitrogens with two attached hydrogens (primary N) is 1. The Bertz CT molecular complexity index is 466. The van der Waals surface area contributed by atoms with Crippen LogP contribution in [0.5, 0.6) is 0 Å². The molecule has 2 rings (SSSR count). The van der Waals surface area contributed by atoms with E-state index < -0.39 is 0 Å². The smallest absolute Gasteiger partial charge is 0.224 e. The predicted molar refractivity (Wildman–Crippen MR) is 80.9 cm³/mol. The van der Waals surface area contributed by atoms with Gasteiger partial charge in [-0.2, -0.15) is 0 Å². The van der Waals surface area contributed by atoms with E-state index in [-0.39, 0.29) is 5.91 Å². The van der Waals surface area contributed by atoms with E-state index in [2.05, 4.69) is 12.2 Å². The highest BCUT2D eigenvalue weighted by Gasteiger charge is 2.27. The van der Waals surface area contributed by atoms with Gasteiger partial charge < -0.3 is 11.1 Å². The van der Waals surface area contributed by atoms with E-state index in [0.717, 1.165) is 23.6 Å². The van der Waals surface area contributed by atoms with Crippen molar-refractivity contribution in [2.75, 3.05) is 6.54 Å². The summed E-state index contributed by atoms with van der Waals surface area (Å²) < 4.78 is 0. The molecule has 1 aromatic rings. The van der Waals surface area contributed by atoms with Crippen LogP contribution >= 0.6 is 12.2 Å². The van der Waals surface area contributed by atoms with Crippen molar-refractivity contribution >= 4 is 23.1 Å². The lowest BCUT2D eigenvalue weighted by Crippen LogP contribution is -2.30. The standard InChI is InChI=1S/C15H20N2OS/c1-10(12-6-7-12)9-17-14(18)8-11-2-4-13(5-3-11)15(16)19/h2-5,10,12H,6-9H2,1H3,(H2,16,19)(H,17,18). The maximum atomic E-state index is 11.8. The number of nitrogens with one attached hydrogen (secondary N) is 1. The van der Waals surface area contributed by atoms with Crippen LogP contribution in [0.2, 0.25) is 0 Å². The highest BCUT2D eigenvalue weighted by Crippen LogP contribution is 2.36. The fourth-order valence-corrected chi connectivity index (χ4v) is 2.28. The summed E-state index contributed by atoms with van der Waals surface area (Å²) >= 11 is 4.89. The van der Waals surface area contributed by atoms with Crippen molar-refractivity contribution in [3.8, 4) is 0 Å². The van der Waals surface area contributed by atoms with Crippen molar-refractivity contribution in [1.82, 2.24) is 5.32 Å². The van der Waals surface area contributed by atoms with Crippen molar-refractivity contribution in [3.05, 3.63) is 35.4 Å². The molecule has 102 valence electrons. The van der Waals surface area contributed by atoms with Gasteiger partial charge in [-0.05, 0) is 30.2 Å². The Labute approximate surface area is 119 Å². The molecule has 0 spiro atoms. The average Bonchev–Trinajstić information content (AvgIpc) is 3.21. The zero-order valence-corrected chi connectivity index (χ0v) is 12.0. The minimum absolute atomic E-state index is 0.0792. The van der Waals surface area contributed by atoms with E-state index in [1.807, 2.05) is 24.3 Å². The molecule has 3 nitrogen and oxygen atoms in total. The second-order valence-electron chi connectivity index (χ2n) is 5.36. The molecule has 1 unspecified atom stereocenters. The number of amides is 1. The molecule has 4 heteroatoms. The van der Waals surface area contributed by atoms with Crippen molar-refractivity contribution in [1.29, 1.82) is 0 Å². The van der Waals surface area contributed by atoms with Crippen LogP contribution in [0.4, 0.5) is 0 Å². The van der Waals surface area contributed by atoms with E-state index in [4.69, 9.17) is 18.0 Å². The van der Waals surface area contributed by atoms with Crippen LogP contribution in [0.15, 0.2) is 24.3 Å². The molecule has 0 heterocycles. The molecular formula is C15H20N2OS. The van der Waals surface area contributed by atoms with Crippen LogP contribution in [0.25, 0.3) is 0 Å². The van der Waals surface area contributed by atoms with Crippen LogP contribution in [-0.2, 0) is 11.2 Å². The SMILES string of the molecule is CC(CNC(=O)Cc1ccc(C(N)=S)cc1)C1CC1. The maximum Gasteiger partial charge on any atom is 0.224 e. The van der Waals surface area contributed by atoms with Gasteiger partial charge in [0.2, 0.25) is 5.91 Å². The third kappa shape index (κ3) is 4.31. The fraction of sp³-hybridized carbons (Fsp3) is 0.467. The first-order valence-corrected chi connectivity index (χ1v) is 7.12.